The van der Waals surface area contributed by atoms with E-state index >= 15 is 0 Å². The Morgan fingerprint density at radius 3 is 1.48 bits per heavy atom. The number of unbranched alkanes of at least 4 members (excludes halogenated alkanes) is 10. The molecule has 0 aromatic heterocycles. The summed E-state index contributed by atoms with van der Waals surface area (Å²) in [7, 11) is -1.92. The molecule has 0 aliphatic heterocycles. The van der Waals surface area contributed by atoms with Crippen LogP contribution in [-0.4, -0.2) is 25.1 Å². The molecule has 1 unspecified atom stereocenters. The van der Waals surface area contributed by atoms with Crippen LogP contribution < -0.4 is 0 Å². The Bertz CT molecular complexity index is 240. The first-order chi connectivity index (χ1) is 9.87. The average molecular weight is 319 g/mol. The van der Waals surface area contributed by atoms with Crippen LogP contribution in [0.4, 0.5) is 4.39 Å². The predicted octanol–water partition coefficient (Wildman–Crippen LogP) is 6.27. The molecule has 0 radical (unpaired) electrons. The van der Waals surface area contributed by atoms with Crippen LogP contribution in [0.15, 0.2) is 0 Å². The number of aliphatic hydroxyl groups excluding tert-OH is 1. The molecule has 21 heavy (non-hydrogen) atoms. The van der Waals surface area contributed by atoms with Crippen LogP contribution in [0.25, 0.3) is 0 Å². The zero-order chi connectivity index (χ0) is 16.2. The molecule has 0 saturated heterocycles. The highest BCUT2D eigenvalue weighted by Crippen LogP contribution is 2.30. The third kappa shape index (κ3) is 9.67. The molecular weight excluding hydrogens is 279 g/mol. The third-order valence-electron chi connectivity index (χ3n) is 4.77. The number of rotatable bonds is 14. The van der Waals surface area contributed by atoms with E-state index in [-0.39, 0.29) is 6.61 Å². The fraction of sp³-hybridized carbons (Fsp3) is 1.00. The first-order valence-corrected chi connectivity index (χ1v) is 12.7. The van der Waals surface area contributed by atoms with Crippen molar-refractivity contribution in [1.82, 2.24) is 0 Å². The molecule has 1 atom stereocenters. The molecule has 0 saturated carbocycles. The van der Waals surface area contributed by atoms with Crippen LogP contribution in [0, 0.1) is 0 Å². The van der Waals surface area contributed by atoms with Gasteiger partial charge in [-0.2, -0.15) is 0 Å². The molecular formula is C18H39FOSi. The van der Waals surface area contributed by atoms with Gasteiger partial charge in [-0.05, 0) is 6.42 Å². The molecule has 1 N–H and O–H groups in total. The van der Waals surface area contributed by atoms with Gasteiger partial charge in [0.15, 0.2) is 0 Å². The van der Waals surface area contributed by atoms with Crippen LogP contribution in [-0.2, 0) is 0 Å². The summed E-state index contributed by atoms with van der Waals surface area (Å²) in [5.41, 5.74) is 0. The summed E-state index contributed by atoms with van der Waals surface area (Å²) in [4.78, 5) is 0. The molecule has 128 valence electrons. The maximum absolute atomic E-state index is 14.6. The van der Waals surface area contributed by atoms with Crippen LogP contribution in [0.2, 0.25) is 19.6 Å². The van der Waals surface area contributed by atoms with Gasteiger partial charge in [0.1, 0.15) is 5.29 Å². The van der Waals surface area contributed by atoms with E-state index in [2.05, 4.69) is 6.92 Å². The normalized spacial score (nSPS) is 15.1. The summed E-state index contributed by atoms with van der Waals surface area (Å²) in [6.45, 7) is 8.01. The second-order valence-electron chi connectivity index (χ2n) is 7.66. The average Bonchev–Trinajstić information content (AvgIpc) is 2.43. The Morgan fingerprint density at radius 2 is 1.14 bits per heavy atom. The second kappa shape index (κ2) is 11.6. The van der Waals surface area contributed by atoms with Crippen molar-refractivity contribution >= 4 is 8.07 Å². The Balaban J connectivity index is 3.47. The molecule has 0 heterocycles. The van der Waals surface area contributed by atoms with E-state index in [1.54, 1.807) is 0 Å². The van der Waals surface area contributed by atoms with Crippen molar-refractivity contribution in [2.45, 2.75) is 109 Å². The number of hydrogen-bond acceptors (Lipinski definition) is 1. The lowest BCUT2D eigenvalue weighted by Crippen LogP contribution is -2.51. The van der Waals surface area contributed by atoms with Gasteiger partial charge in [0, 0.05) is 0 Å². The SMILES string of the molecule is CCCCCCCCCCCCCC(F)(CO)[Si](C)(C)C. The molecule has 0 aromatic carbocycles. The predicted molar refractivity (Wildman–Crippen MR) is 95.3 cm³/mol. The lowest BCUT2D eigenvalue weighted by molar-refractivity contribution is 0.122. The van der Waals surface area contributed by atoms with E-state index in [0.717, 1.165) is 12.8 Å². The van der Waals surface area contributed by atoms with Crippen molar-refractivity contribution in [2.75, 3.05) is 6.61 Å². The largest absolute Gasteiger partial charge is 0.393 e. The summed E-state index contributed by atoms with van der Waals surface area (Å²) in [5.74, 6) is 0. The van der Waals surface area contributed by atoms with Crippen molar-refractivity contribution in [3.05, 3.63) is 0 Å². The molecule has 0 aliphatic carbocycles. The van der Waals surface area contributed by atoms with E-state index in [1.165, 1.54) is 57.8 Å². The molecule has 0 amide bonds. The van der Waals surface area contributed by atoms with Gasteiger partial charge in [-0.15, -0.1) is 0 Å². The summed E-state index contributed by atoms with van der Waals surface area (Å²) in [5, 5.41) is 8.06. The number of hydrogen-bond donors (Lipinski definition) is 1. The Morgan fingerprint density at radius 1 is 0.762 bits per heavy atom. The van der Waals surface area contributed by atoms with Gasteiger partial charge < -0.3 is 5.11 Å². The van der Waals surface area contributed by atoms with Gasteiger partial charge in [0.25, 0.3) is 0 Å². The number of halogens is 1. The van der Waals surface area contributed by atoms with E-state index in [4.69, 9.17) is 0 Å². The smallest absolute Gasteiger partial charge is 0.121 e. The fourth-order valence-corrected chi connectivity index (χ4v) is 4.16. The highest BCUT2D eigenvalue weighted by atomic mass is 28.3. The molecule has 0 aliphatic rings. The number of alkyl halides is 1. The molecule has 3 heteroatoms. The molecule has 0 aromatic rings. The standard InChI is InChI=1S/C18H39FOSi/c1-5-6-7-8-9-10-11-12-13-14-15-16-18(19,17-20)21(2,3)4/h20H,5-17H2,1-4H3. The first kappa shape index (κ1) is 21.1. The molecule has 0 bridgehead atoms. The summed E-state index contributed by atoms with van der Waals surface area (Å²) in [6.07, 6.45) is 14.7. The first-order valence-electron chi connectivity index (χ1n) is 9.17. The zero-order valence-electron chi connectivity index (χ0n) is 15.0. The second-order valence-corrected chi connectivity index (χ2v) is 13.1. The van der Waals surface area contributed by atoms with E-state index in [9.17, 15) is 9.50 Å². The van der Waals surface area contributed by atoms with E-state index in [0.29, 0.717) is 6.42 Å². The van der Waals surface area contributed by atoms with Crippen molar-refractivity contribution < 1.29 is 9.50 Å². The molecule has 0 fully saturated rings. The lowest BCUT2D eigenvalue weighted by Gasteiger charge is -2.34. The van der Waals surface area contributed by atoms with Crippen molar-refractivity contribution in [2.24, 2.45) is 0 Å². The summed E-state index contributed by atoms with van der Waals surface area (Å²) >= 11 is 0. The van der Waals surface area contributed by atoms with Crippen molar-refractivity contribution in [1.29, 1.82) is 0 Å². The molecule has 0 spiro atoms. The Labute approximate surface area is 133 Å². The minimum Gasteiger partial charge on any atom is -0.393 e. The van der Waals surface area contributed by atoms with Gasteiger partial charge in [0.2, 0.25) is 0 Å². The zero-order valence-corrected chi connectivity index (χ0v) is 16.0. The third-order valence-corrected chi connectivity index (χ3v) is 7.87. The monoisotopic (exact) mass is 318 g/mol. The maximum Gasteiger partial charge on any atom is 0.121 e. The highest BCUT2D eigenvalue weighted by Gasteiger charge is 2.42. The van der Waals surface area contributed by atoms with Crippen LogP contribution >= 0.6 is 0 Å². The Kier molecular flexibility index (Phi) is 11.7. The minimum atomic E-state index is -1.92. The lowest BCUT2D eigenvalue weighted by atomic mass is 10.0. The van der Waals surface area contributed by atoms with E-state index < -0.39 is 13.4 Å². The quantitative estimate of drug-likeness (QED) is 0.296. The fourth-order valence-electron chi connectivity index (χ4n) is 2.76. The summed E-state index contributed by atoms with van der Waals surface area (Å²) in [6, 6.07) is 0. The minimum absolute atomic E-state index is 0.291. The molecule has 1 nitrogen and oxygen atoms in total. The van der Waals surface area contributed by atoms with Crippen molar-refractivity contribution in [3.63, 3.8) is 0 Å². The van der Waals surface area contributed by atoms with Crippen LogP contribution in [0.3, 0.4) is 0 Å². The van der Waals surface area contributed by atoms with Gasteiger partial charge in [-0.25, -0.2) is 4.39 Å². The van der Waals surface area contributed by atoms with E-state index in [1.807, 2.05) is 19.6 Å². The molecule has 0 rings (SSSR count). The maximum atomic E-state index is 14.6. The van der Waals surface area contributed by atoms with Crippen LogP contribution in [0.1, 0.15) is 84.0 Å². The number of aliphatic hydroxyl groups is 1. The van der Waals surface area contributed by atoms with Gasteiger partial charge in [-0.1, -0.05) is 97.2 Å². The Hall–Kier alpha value is 0.107. The van der Waals surface area contributed by atoms with Gasteiger partial charge in [0.05, 0.1) is 14.7 Å². The van der Waals surface area contributed by atoms with Crippen molar-refractivity contribution in [3.8, 4) is 0 Å². The van der Waals surface area contributed by atoms with Gasteiger partial charge in [-0.3, -0.25) is 0 Å². The summed E-state index contributed by atoms with van der Waals surface area (Å²) < 4.78 is 14.6. The van der Waals surface area contributed by atoms with Gasteiger partial charge >= 0.3 is 0 Å². The van der Waals surface area contributed by atoms with Crippen LogP contribution in [0.5, 0.6) is 0 Å². The topological polar surface area (TPSA) is 20.2 Å². The highest BCUT2D eigenvalue weighted by molar-refractivity contribution is 6.79.